The van der Waals surface area contributed by atoms with E-state index < -0.39 is 6.10 Å². The number of ether oxygens (including phenoxy) is 1. The molecule has 1 N–H and O–H groups in total. The Balaban J connectivity index is 1.77. The molecule has 1 unspecified atom stereocenters. The molecule has 0 aliphatic heterocycles. The van der Waals surface area contributed by atoms with Gasteiger partial charge in [-0.15, -0.1) is 0 Å². The van der Waals surface area contributed by atoms with E-state index in [9.17, 15) is 5.11 Å². The number of hydrogen-bond acceptors (Lipinski definition) is 4. The lowest BCUT2D eigenvalue weighted by Gasteiger charge is -2.32. The van der Waals surface area contributed by atoms with Crippen molar-refractivity contribution >= 4 is 0 Å². The zero-order valence-corrected chi connectivity index (χ0v) is 16.8. The average molecular weight is 361 g/mol. The Hall–Kier alpha value is -1.36. The predicted molar refractivity (Wildman–Crippen MR) is 109 cm³/mol. The van der Waals surface area contributed by atoms with Crippen molar-refractivity contribution in [2.45, 2.75) is 57.7 Å². The molecule has 1 fully saturated rings. The first-order chi connectivity index (χ1) is 12.4. The van der Waals surface area contributed by atoms with Gasteiger partial charge >= 0.3 is 0 Å². The average Bonchev–Trinajstić information content (AvgIpc) is 2.60. The molecule has 26 heavy (non-hydrogen) atoms. The van der Waals surface area contributed by atoms with Crippen LogP contribution >= 0.6 is 0 Å². The molecule has 1 saturated carbocycles. The van der Waals surface area contributed by atoms with E-state index in [0.29, 0.717) is 19.2 Å². The standard InChI is InChI=1S/C22H36N2O2/c1-18(2)14-23(3)15-19-9-8-12-22(13-19)26-17-21(25)16-24(4)20-10-6-5-7-11-20/h8-9,12-13,20-21,25H,1,5-7,10-11,14-17H2,2-4H3. The van der Waals surface area contributed by atoms with Gasteiger partial charge in [0.05, 0.1) is 0 Å². The molecule has 4 heteroatoms. The minimum Gasteiger partial charge on any atom is -0.491 e. The maximum absolute atomic E-state index is 10.3. The third-order valence-electron chi connectivity index (χ3n) is 5.03. The Labute approximate surface area is 159 Å². The number of aliphatic hydroxyl groups excluding tert-OH is 1. The van der Waals surface area contributed by atoms with Crippen LogP contribution in [0.25, 0.3) is 0 Å². The highest BCUT2D eigenvalue weighted by Gasteiger charge is 2.20. The van der Waals surface area contributed by atoms with Gasteiger partial charge in [-0.3, -0.25) is 4.90 Å². The number of rotatable bonds is 10. The Bertz CT molecular complexity index is 555. The van der Waals surface area contributed by atoms with E-state index >= 15 is 0 Å². The van der Waals surface area contributed by atoms with E-state index in [1.807, 2.05) is 19.1 Å². The number of nitrogens with zero attached hydrogens (tertiary/aromatic N) is 2. The highest BCUT2D eigenvalue weighted by molar-refractivity contribution is 5.28. The number of benzene rings is 1. The smallest absolute Gasteiger partial charge is 0.119 e. The lowest BCUT2D eigenvalue weighted by Crippen LogP contribution is -2.40. The van der Waals surface area contributed by atoms with Crippen molar-refractivity contribution in [1.82, 2.24) is 9.80 Å². The van der Waals surface area contributed by atoms with E-state index in [2.05, 4.69) is 42.6 Å². The van der Waals surface area contributed by atoms with E-state index in [1.54, 1.807) is 0 Å². The maximum atomic E-state index is 10.3. The van der Waals surface area contributed by atoms with Crippen LogP contribution in [0.2, 0.25) is 0 Å². The summed E-state index contributed by atoms with van der Waals surface area (Å²) in [7, 11) is 4.21. The highest BCUT2D eigenvalue weighted by atomic mass is 16.5. The fraction of sp³-hybridized carbons (Fsp3) is 0.636. The minimum atomic E-state index is -0.461. The molecule has 1 aromatic rings. The second-order valence-corrected chi connectivity index (χ2v) is 7.97. The first kappa shape index (κ1) is 20.9. The molecule has 0 amide bonds. The second-order valence-electron chi connectivity index (χ2n) is 7.97. The molecule has 1 aromatic carbocycles. The van der Waals surface area contributed by atoms with Crippen LogP contribution < -0.4 is 4.74 Å². The SMILES string of the molecule is C=C(C)CN(C)Cc1cccc(OCC(O)CN(C)C2CCCCC2)c1. The summed E-state index contributed by atoms with van der Waals surface area (Å²) in [6.45, 7) is 8.76. The quantitative estimate of drug-likeness (QED) is 0.646. The molecule has 1 aliphatic carbocycles. The molecule has 0 radical (unpaired) electrons. The Morgan fingerprint density at radius 2 is 2.00 bits per heavy atom. The zero-order valence-electron chi connectivity index (χ0n) is 16.8. The molecule has 0 heterocycles. The molecule has 146 valence electrons. The summed E-state index contributed by atoms with van der Waals surface area (Å²) < 4.78 is 5.85. The number of likely N-dealkylation sites (N-methyl/N-ethyl adjacent to an activating group) is 2. The Kier molecular flexibility index (Phi) is 8.63. The van der Waals surface area contributed by atoms with Crippen molar-refractivity contribution in [3.63, 3.8) is 0 Å². The van der Waals surface area contributed by atoms with Crippen molar-refractivity contribution in [2.75, 3.05) is 33.8 Å². The second kappa shape index (κ2) is 10.7. The van der Waals surface area contributed by atoms with Crippen molar-refractivity contribution in [2.24, 2.45) is 0 Å². The molecule has 0 bridgehead atoms. The largest absolute Gasteiger partial charge is 0.491 e. The van der Waals surface area contributed by atoms with Gasteiger partial charge < -0.3 is 14.7 Å². The van der Waals surface area contributed by atoms with Crippen LogP contribution in [0.1, 0.15) is 44.6 Å². The number of hydrogen-bond donors (Lipinski definition) is 1. The monoisotopic (exact) mass is 360 g/mol. The van der Waals surface area contributed by atoms with Crippen LogP contribution in [0.15, 0.2) is 36.4 Å². The number of aliphatic hydroxyl groups is 1. The Morgan fingerprint density at radius 3 is 2.69 bits per heavy atom. The van der Waals surface area contributed by atoms with Gasteiger partial charge in [0.2, 0.25) is 0 Å². The summed E-state index contributed by atoms with van der Waals surface area (Å²) in [5.74, 6) is 0.825. The van der Waals surface area contributed by atoms with Crippen molar-refractivity contribution in [1.29, 1.82) is 0 Å². The lowest BCUT2D eigenvalue weighted by atomic mass is 9.94. The first-order valence-electron chi connectivity index (χ1n) is 9.87. The van der Waals surface area contributed by atoms with Crippen LogP contribution in [0.5, 0.6) is 5.75 Å². The Morgan fingerprint density at radius 1 is 1.27 bits per heavy atom. The molecule has 2 rings (SSSR count). The van der Waals surface area contributed by atoms with Crippen LogP contribution in [0.4, 0.5) is 0 Å². The topological polar surface area (TPSA) is 35.9 Å². The molecule has 1 aliphatic rings. The summed E-state index contributed by atoms with van der Waals surface area (Å²) in [5, 5.41) is 10.3. The van der Waals surface area contributed by atoms with Gasteiger partial charge in [-0.2, -0.15) is 0 Å². The zero-order chi connectivity index (χ0) is 18.9. The van der Waals surface area contributed by atoms with Gasteiger partial charge in [-0.25, -0.2) is 0 Å². The molecular weight excluding hydrogens is 324 g/mol. The molecule has 0 spiro atoms. The van der Waals surface area contributed by atoms with E-state index in [-0.39, 0.29) is 0 Å². The van der Waals surface area contributed by atoms with Gasteiger partial charge in [-0.05, 0) is 51.6 Å². The van der Waals surface area contributed by atoms with Crippen molar-refractivity contribution in [3.8, 4) is 5.75 Å². The third kappa shape index (κ3) is 7.48. The fourth-order valence-electron chi connectivity index (χ4n) is 3.81. The summed E-state index contributed by atoms with van der Waals surface area (Å²) in [5.41, 5.74) is 2.37. The van der Waals surface area contributed by atoms with Crippen LogP contribution in [0.3, 0.4) is 0 Å². The molecule has 0 aromatic heterocycles. The highest BCUT2D eigenvalue weighted by Crippen LogP contribution is 2.22. The van der Waals surface area contributed by atoms with Crippen molar-refractivity contribution < 1.29 is 9.84 Å². The molecule has 1 atom stereocenters. The van der Waals surface area contributed by atoms with Gasteiger partial charge in [0.25, 0.3) is 0 Å². The maximum Gasteiger partial charge on any atom is 0.119 e. The summed E-state index contributed by atoms with van der Waals surface area (Å²) in [4.78, 5) is 4.53. The van der Waals surface area contributed by atoms with Gasteiger partial charge in [-0.1, -0.05) is 43.5 Å². The van der Waals surface area contributed by atoms with Crippen LogP contribution in [0, 0.1) is 0 Å². The lowest BCUT2D eigenvalue weighted by molar-refractivity contribution is 0.0561. The molecular formula is C22H36N2O2. The van der Waals surface area contributed by atoms with Crippen LogP contribution in [-0.2, 0) is 6.54 Å². The van der Waals surface area contributed by atoms with Crippen molar-refractivity contribution in [3.05, 3.63) is 42.0 Å². The van der Waals surface area contributed by atoms with Gasteiger partial charge in [0.1, 0.15) is 18.5 Å². The normalized spacial score (nSPS) is 16.8. The molecule has 4 nitrogen and oxygen atoms in total. The van der Waals surface area contributed by atoms with E-state index in [1.165, 1.54) is 37.7 Å². The van der Waals surface area contributed by atoms with E-state index in [4.69, 9.17) is 4.74 Å². The van der Waals surface area contributed by atoms with Crippen LogP contribution in [-0.4, -0.2) is 60.8 Å². The van der Waals surface area contributed by atoms with E-state index in [0.717, 1.165) is 24.4 Å². The minimum absolute atomic E-state index is 0.335. The fourth-order valence-corrected chi connectivity index (χ4v) is 3.81. The predicted octanol–water partition coefficient (Wildman–Crippen LogP) is 3.70. The van der Waals surface area contributed by atoms with Gasteiger partial charge in [0.15, 0.2) is 0 Å². The van der Waals surface area contributed by atoms with Gasteiger partial charge in [0, 0.05) is 25.7 Å². The summed E-state index contributed by atoms with van der Waals surface area (Å²) in [6.07, 6.45) is 6.03. The third-order valence-corrected chi connectivity index (χ3v) is 5.03. The summed E-state index contributed by atoms with van der Waals surface area (Å²) in [6, 6.07) is 8.76. The summed E-state index contributed by atoms with van der Waals surface area (Å²) >= 11 is 0. The molecule has 0 saturated heterocycles. The first-order valence-corrected chi connectivity index (χ1v) is 9.87.